The van der Waals surface area contributed by atoms with Gasteiger partial charge in [0.15, 0.2) is 0 Å². The van der Waals surface area contributed by atoms with Crippen molar-refractivity contribution in [2.45, 2.75) is 90.5 Å². The summed E-state index contributed by atoms with van der Waals surface area (Å²) in [5.74, 6) is 6.57. The number of nitrogens with zero attached hydrogens (tertiary/aromatic N) is 5. The second-order valence-electron chi connectivity index (χ2n) is 20.0. The number of benzene rings is 3. The summed E-state index contributed by atoms with van der Waals surface area (Å²) in [6.07, 6.45) is 0.584. The number of carbonyl (C=O) groups excluding carboxylic acids is 2. The molecule has 5 aromatic rings. The number of hydrogen-bond acceptors (Lipinski definition) is 10. The first kappa shape index (κ1) is 54.3. The number of alkyl halides is 3. The number of fused-ring (bicyclic) bond motifs is 2. The molecule has 8 rings (SSSR count). The molecule has 392 valence electrons. The largest absolute Gasteiger partial charge is 0.406 e. The summed E-state index contributed by atoms with van der Waals surface area (Å²) < 4.78 is 55.2. The lowest BCUT2D eigenvalue weighted by atomic mass is 9.92. The average Bonchev–Trinajstić information content (AvgIpc) is 3.81. The van der Waals surface area contributed by atoms with Crippen molar-refractivity contribution in [3.63, 3.8) is 0 Å². The summed E-state index contributed by atoms with van der Waals surface area (Å²) >= 11 is 7.75. The molecule has 0 radical (unpaired) electrons. The van der Waals surface area contributed by atoms with Crippen LogP contribution in [0.1, 0.15) is 79.1 Å². The molecule has 74 heavy (non-hydrogen) atoms. The summed E-state index contributed by atoms with van der Waals surface area (Å²) in [5, 5.41) is 30.4. The van der Waals surface area contributed by atoms with Crippen LogP contribution in [0.5, 0.6) is 0 Å². The predicted molar refractivity (Wildman–Crippen MR) is 296 cm³/mol. The highest BCUT2D eigenvalue weighted by Gasteiger charge is 2.35. The summed E-state index contributed by atoms with van der Waals surface area (Å²) in [5.41, 5.74) is 5.63. The summed E-state index contributed by atoms with van der Waals surface area (Å²) in [4.78, 5) is 38.8. The van der Waals surface area contributed by atoms with Crippen molar-refractivity contribution in [3.05, 3.63) is 105 Å². The first-order valence-electron chi connectivity index (χ1n) is 25.2. The highest BCUT2D eigenvalue weighted by molar-refractivity contribution is 7.70. The fourth-order valence-corrected chi connectivity index (χ4v) is 12.3. The number of amides is 2. The van der Waals surface area contributed by atoms with Crippen LogP contribution in [0.15, 0.2) is 77.8 Å². The quantitative estimate of drug-likeness (QED) is 0.0229. The van der Waals surface area contributed by atoms with Gasteiger partial charge in [-0.25, -0.2) is 0 Å². The number of aromatic nitrogens is 1. The van der Waals surface area contributed by atoms with Gasteiger partial charge in [-0.1, -0.05) is 35.7 Å². The molecule has 0 aliphatic carbocycles. The first-order valence-corrected chi connectivity index (χ1v) is 29.0. The van der Waals surface area contributed by atoms with E-state index in [4.69, 9.17) is 22.0 Å². The molecule has 1 atom stereocenters. The number of thiophene rings is 1. The normalized spacial score (nSPS) is 17.1. The van der Waals surface area contributed by atoms with Gasteiger partial charge in [-0.05, 0) is 145 Å². The van der Waals surface area contributed by atoms with Crippen LogP contribution >= 0.6 is 30.1 Å². The Bertz CT molecular complexity index is 3030. The minimum Gasteiger partial charge on any atom is -0.382 e. The molecule has 13 nitrogen and oxygen atoms in total. The van der Waals surface area contributed by atoms with E-state index in [1.807, 2.05) is 49.1 Å². The lowest BCUT2D eigenvalue weighted by Gasteiger charge is -2.36. The zero-order chi connectivity index (χ0) is 52.9. The Balaban J connectivity index is 0.778. The fraction of sp³-hybridized carbons (Fsp3) is 0.436. The van der Waals surface area contributed by atoms with Gasteiger partial charge in [-0.15, -0.1) is 11.3 Å². The second kappa shape index (κ2) is 23.3. The van der Waals surface area contributed by atoms with E-state index >= 15 is 0 Å². The molecule has 5 heterocycles. The van der Waals surface area contributed by atoms with Gasteiger partial charge in [0, 0.05) is 81.9 Å². The monoisotopic (exact) mass is 1070 g/mol. The molecule has 3 aromatic carbocycles. The van der Waals surface area contributed by atoms with Crippen molar-refractivity contribution >= 4 is 91.9 Å². The van der Waals surface area contributed by atoms with E-state index in [1.54, 1.807) is 67.6 Å². The minimum atomic E-state index is -4.45. The number of rotatable bonds is 15. The molecule has 5 N–H and O–H groups in total. The number of halogens is 4. The Morgan fingerprint density at radius 2 is 1.68 bits per heavy atom. The van der Waals surface area contributed by atoms with E-state index in [9.17, 15) is 32.7 Å². The van der Waals surface area contributed by atoms with E-state index in [0.29, 0.717) is 66.8 Å². The number of amidine groups is 2. The molecule has 3 aliphatic heterocycles. The average molecular weight is 1070 g/mol. The van der Waals surface area contributed by atoms with Crippen molar-refractivity contribution in [1.29, 1.82) is 10.8 Å². The van der Waals surface area contributed by atoms with Crippen LogP contribution in [0.2, 0.25) is 5.02 Å². The van der Waals surface area contributed by atoms with E-state index in [0.717, 1.165) is 81.8 Å². The van der Waals surface area contributed by atoms with Gasteiger partial charge >= 0.3 is 6.18 Å². The Kier molecular flexibility index (Phi) is 17.1. The van der Waals surface area contributed by atoms with E-state index < -0.39 is 25.9 Å². The van der Waals surface area contributed by atoms with Gasteiger partial charge in [0.25, 0.3) is 0 Å². The summed E-state index contributed by atoms with van der Waals surface area (Å²) in [7, 11) is -2.39. The molecule has 3 aliphatic rings. The van der Waals surface area contributed by atoms with Gasteiger partial charge in [-0.3, -0.25) is 35.2 Å². The third-order valence-electron chi connectivity index (χ3n) is 14.2. The van der Waals surface area contributed by atoms with Gasteiger partial charge in [0.2, 0.25) is 11.8 Å². The molecule has 0 unspecified atom stereocenters. The topological polar surface area (TPSA) is 162 Å². The molecule has 0 bridgehead atoms. The number of anilines is 3. The van der Waals surface area contributed by atoms with Crippen molar-refractivity contribution in [3.8, 4) is 11.8 Å². The zero-order valence-corrected chi connectivity index (χ0v) is 45.1. The van der Waals surface area contributed by atoms with Gasteiger partial charge in [0.1, 0.15) is 36.4 Å². The molecule has 2 saturated heterocycles. The first-order chi connectivity index (χ1) is 35.2. The van der Waals surface area contributed by atoms with Gasteiger partial charge < -0.3 is 30.0 Å². The number of piperidine rings is 2. The lowest BCUT2D eigenvalue weighted by Crippen LogP contribution is -2.47. The Morgan fingerprint density at radius 3 is 2.34 bits per heavy atom. The Labute approximate surface area is 440 Å². The van der Waals surface area contributed by atoms with Crippen molar-refractivity contribution < 1.29 is 27.3 Å². The number of aliphatic imine (C=N–C) groups is 1. The van der Waals surface area contributed by atoms with Crippen LogP contribution in [0.25, 0.3) is 10.9 Å². The molecule has 0 spiro atoms. The third-order valence-corrected chi connectivity index (χ3v) is 17.2. The molecule has 2 aromatic heterocycles. The molecule has 2 amide bonds. The molecular formula is C55H65ClF3N10O3PS. The van der Waals surface area contributed by atoms with E-state index in [1.165, 1.54) is 15.9 Å². The Morgan fingerprint density at radius 1 is 0.973 bits per heavy atom. The highest BCUT2D eigenvalue weighted by atomic mass is 35.5. The van der Waals surface area contributed by atoms with Crippen LogP contribution in [-0.2, 0) is 20.7 Å². The smallest absolute Gasteiger partial charge is 0.382 e. The van der Waals surface area contributed by atoms with Crippen LogP contribution in [0.4, 0.5) is 29.5 Å². The maximum Gasteiger partial charge on any atom is 0.406 e. The van der Waals surface area contributed by atoms with Gasteiger partial charge in [-0.2, -0.15) is 13.2 Å². The summed E-state index contributed by atoms with van der Waals surface area (Å²) in [6, 6.07) is 21.0. The standard InChI is InChI=1S/C55H65ClF3N10O3PS/c1-35-36(2)74-54-51(35)52(39-13-15-40(56)16-14-39)65-47(53(61)69(54)37(3)60)32-49(70)63-26-7-9-38-21-29-67(30-22-38)50(71)33-66-27-23-42(24-28-66)64-46-11-6-12-48-45(46)31-43(68(48)34-55(57,58)59)10-8-25-62-41-17-19-44(20-18-41)73(4,5)72/h6,11-20,31,38,42,47,60-62,64H,7,9,21-30,32-34H2,1-5H3,(H,63,70)/t47-/m0/s1. The van der Waals surface area contributed by atoms with Crippen LogP contribution in [0, 0.1) is 42.4 Å². The molecule has 0 saturated carbocycles. The number of carbonyl (C=O) groups is 2. The Hall–Kier alpha value is -5.92. The second-order valence-corrected chi connectivity index (χ2v) is 24.9. The molecule has 19 heteroatoms. The highest BCUT2D eigenvalue weighted by Crippen LogP contribution is 2.41. The van der Waals surface area contributed by atoms with Crippen molar-refractivity contribution in [2.24, 2.45) is 10.9 Å². The van der Waals surface area contributed by atoms with Crippen LogP contribution in [0.3, 0.4) is 0 Å². The van der Waals surface area contributed by atoms with Gasteiger partial charge in [0.05, 0.1) is 36.4 Å². The number of hydrogen-bond donors (Lipinski definition) is 5. The minimum absolute atomic E-state index is 0.0268. The van der Waals surface area contributed by atoms with Crippen molar-refractivity contribution in [1.82, 2.24) is 19.7 Å². The van der Waals surface area contributed by atoms with Crippen molar-refractivity contribution in [2.75, 3.05) is 74.7 Å². The predicted octanol–water partition coefficient (Wildman–Crippen LogP) is 10.3. The number of aryl methyl sites for hydroxylation is 1. The number of nitrogens with one attached hydrogen (secondary N) is 5. The SMILES string of the molecule is CC(=N)N1C(=N)[C@H](CC(=O)NCCCC2CCN(C(=O)CN3CCC(Nc4cccc5c4cc(C#CCNc4ccc(P(C)(C)=O)cc4)n5CC(F)(F)F)CC3)CC2)N=C(c2ccc(Cl)cc2)c2c1sc(C)c2C. The molecular weight excluding hydrogens is 1000 g/mol. The third kappa shape index (κ3) is 13.3. The number of likely N-dealkylation sites (tertiary alicyclic amines) is 2. The van der Waals surface area contributed by atoms with E-state index in [-0.39, 0.29) is 48.2 Å². The maximum absolute atomic E-state index is 13.9. The molecule has 2 fully saturated rings. The lowest BCUT2D eigenvalue weighted by molar-refractivity contribution is -0.140. The van der Waals surface area contributed by atoms with E-state index in [2.05, 4.69) is 32.7 Å². The van der Waals surface area contributed by atoms with Crippen LogP contribution in [-0.4, -0.2) is 121 Å². The summed E-state index contributed by atoms with van der Waals surface area (Å²) in [6.45, 7) is 11.8. The fourth-order valence-electron chi connectivity index (χ4n) is 10.1. The maximum atomic E-state index is 13.9. The van der Waals surface area contributed by atoms with Crippen LogP contribution < -0.4 is 26.2 Å². The zero-order valence-electron chi connectivity index (χ0n) is 42.6.